The number of thioether (sulfide) groups is 1. The van der Waals surface area contributed by atoms with Crippen molar-refractivity contribution in [2.24, 2.45) is 5.92 Å². The van der Waals surface area contributed by atoms with E-state index in [1.54, 1.807) is 47.9 Å². The molecule has 1 aliphatic heterocycles. The molecule has 0 saturated carbocycles. The van der Waals surface area contributed by atoms with Crippen LogP contribution in [0.15, 0.2) is 46.3 Å². The number of nitrogens with zero attached hydrogens (tertiary/aromatic N) is 2. The number of hydrogen-bond acceptors (Lipinski definition) is 6. The second-order valence-electron chi connectivity index (χ2n) is 7.68. The molecule has 2 heterocycles. The summed E-state index contributed by atoms with van der Waals surface area (Å²) in [6.07, 6.45) is 0. The summed E-state index contributed by atoms with van der Waals surface area (Å²) in [5, 5.41) is 3.89. The van der Waals surface area contributed by atoms with Crippen LogP contribution >= 0.6 is 23.4 Å². The summed E-state index contributed by atoms with van der Waals surface area (Å²) < 4.78 is 12.3. The van der Waals surface area contributed by atoms with Gasteiger partial charge in [-0.1, -0.05) is 37.2 Å². The Morgan fingerprint density at radius 2 is 1.97 bits per heavy atom. The van der Waals surface area contributed by atoms with Gasteiger partial charge in [0, 0.05) is 23.3 Å². The third-order valence-corrected chi connectivity index (χ3v) is 6.05. The lowest BCUT2D eigenvalue weighted by Crippen LogP contribution is -2.28. The molecule has 1 N–H and O–H groups in total. The molecule has 0 saturated heterocycles. The quantitative estimate of drug-likeness (QED) is 0.430. The van der Waals surface area contributed by atoms with E-state index in [4.69, 9.17) is 21.1 Å². The topological polar surface area (TPSA) is 82.5 Å². The molecule has 0 spiro atoms. The zero-order chi connectivity index (χ0) is 22.1. The summed E-state index contributed by atoms with van der Waals surface area (Å²) in [5.41, 5.74) is 0.990. The molecule has 3 aromatic rings. The normalized spacial score (nSPS) is 13.6. The highest BCUT2D eigenvalue weighted by molar-refractivity contribution is 8.00. The van der Waals surface area contributed by atoms with Gasteiger partial charge in [0.05, 0.1) is 16.2 Å². The second-order valence-corrected chi connectivity index (χ2v) is 9.43. The second kappa shape index (κ2) is 8.80. The summed E-state index contributed by atoms with van der Waals surface area (Å²) in [5.74, 6) is 1.27. The summed E-state index contributed by atoms with van der Waals surface area (Å²) >= 11 is 7.34. The molecule has 1 unspecified atom stereocenters. The first kappa shape index (κ1) is 21.5. The Labute approximate surface area is 188 Å². The standard InChI is InChI=1S/C22H22ClN3O4S/c1-12(2)10-26-21(28)16-6-4-14(23)8-17(16)25-22(26)31-13(3)20(27)24-15-5-7-18-19(9-15)30-11-29-18/h4-9,12-13H,10-11H2,1-3H3,(H,24,27). The van der Waals surface area contributed by atoms with Crippen LogP contribution in [0.1, 0.15) is 20.8 Å². The lowest BCUT2D eigenvalue weighted by atomic mass is 10.2. The lowest BCUT2D eigenvalue weighted by Gasteiger charge is -2.17. The maximum atomic E-state index is 13.1. The number of aromatic nitrogens is 2. The fourth-order valence-electron chi connectivity index (χ4n) is 3.22. The van der Waals surface area contributed by atoms with Crippen molar-refractivity contribution < 1.29 is 14.3 Å². The van der Waals surface area contributed by atoms with Crippen molar-refractivity contribution in [3.63, 3.8) is 0 Å². The van der Waals surface area contributed by atoms with E-state index >= 15 is 0 Å². The molecule has 7 nitrogen and oxygen atoms in total. The van der Waals surface area contributed by atoms with E-state index in [0.717, 1.165) is 0 Å². The van der Waals surface area contributed by atoms with E-state index in [2.05, 4.69) is 10.3 Å². The summed E-state index contributed by atoms with van der Waals surface area (Å²) in [4.78, 5) is 30.6. The number of amides is 1. The number of fused-ring (bicyclic) bond motifs is 2. The Balaban J connectivity index is 1.60. The molecule has 0 fully saturated rings. The Hall–Kier alpha value is -2.71. The number of carbonyl (C=O) groups is 1. The first-order chi connectivity index (χ1) is 14.8. The average Bonchev–Trinajstić information content (AvgIpc) is 3.18. The molecule has 1 atom stereocenters. The van der Waals surface area contributed by atoms with Crippen molar-refractivity contribution in [1.82, 2.24) is 9.55 Å². The van der Waals surface area contributed by atoms with Gasteiger partial charge in [-0.25, -0.2) is 4.98 Å². The van der Waals surface area contributed by atoms with Gasteiger partial charge >= 0.3 is 0 Å². The maximum Gasteiger partial charge on any atom is 0.262 e. The van der Waals surface area contributed by atoms with Gasteiger partial charge in [-0.3, -0.25) is 14.2 Å². The molecule has 0 bridgehead atoms. The van der Waals surface area contributed by atoms with Crippen LogP contribution < -0.4 is 20.3 Å². The van der Waals surface area contributed by atoms with Gasteiger partial charge in [0.15, 0.2) is 16.7 Å². The lowest BCUT2D eigenvalue weighted by molar-refractivity contribution is -0.115. The third-order valence-electron chi connectivity index (χ3n) is 4.72. The monoisotopic (exact) mass is 459 g/mol. The number of hydrogen-bond donors (Lipinski definition) is 1. The van der Waals surface area contributed by atoms with E-state index < -0.39 is 5.25 Å². The molecule has 0 radical (unpaired) electrons. The first-order valence-corrected chi connectivity index (χ1v) is 11.1. The van der Waals surface area contributed by atoms with Gasteiger partial charge in [0.1, 0.15) is 0 Å². The number of benzene rings is 2. The van der Waals surface area contributed by atoms with Crippen LogP contribution in [0.25, 0.3) is 10.9 Å². The van der Waals surface area contributed by atoms with Gasteiger partial charge in [0.2, 0.25) is 12.7 Å². The van der Waals surface area contributed by atoms with Crippen molar-refractivity contribution >= 4 is 45.9 Å². The van der Waals surface area contributed by atoms with Gasteiger partial charge in [-0.05, 0) is 43.2 Å². The summed E-state index contributed by atoms with van der Waals surface area (Å²) in [6, 6.07) is 10.3. The number of rotatable bonds is 6. The smallest absolute Gasteiger partial charge is 0.262 e. The Kier molecular flexibility index (Phi) is 6.11. The highest BCUT2D eigenvalue weighted by Gasteiger charge is 2.21. The minimum Gasteiger partial charge on any atom is -0.454 e. The number of halogens is 1. The minimum absolute atomic E-state index is 0.138. The zero-order valence-electron chi connectivity index (χ0n) is 17.3. The van der Waals surface area contributed by atoms with Crippen molar-refractivity contribution in [3.05, 3.63) is 51.8 Å². The van der Waals surface area contributed by atoms with Gasteiger partial charge in [-0.2, -0.15) is 0 Å². The summed E-state index contributed by atoms with van der Waals surface area (Å²) in [7, 11) is 0. The van der Waals surface area contributed by atoms with Gasteiger partial charge < -0.3 is 14.8 Å². The highest BCUT2D eigenvalue weighted by Crippen LogP contribution is 2.34. The van der Waals surface area contributed by atoms with Crippen LogP contribution in [0.3, 0.4) is 0 Å². The third kappa shape index (κ3) is 4.65. The van der Waals surface area contributed by atoms with Crippen LogP contribution in [-0.2, 0) is 11.3 Å². The predicted molar refractivity (Wildman–Crippen MR) is 122 cm³/mol. The fourth-order valence-corrected chi connectivity index (χ4v) is 4.30. The molecular weight excluding hydrogens is 438 g/mol. The number of anilines is 1. The molecule has 0 aliphatic carbocycles. The average molecular weight is 460 g/mol. The number of carbonyl (C=O) groups excluding carboxylic acids is 1. The molecule has 1 aromatic heterocycles. The summed E-state index contributed by atoms with van der Waals surface area (Å²) in [6.45, 7) is 6.51. The number of ether oxygens (including phenoxy) is 2. The van der Waals surface area contributed by atoms with Gasteiger partial charge in [0.25, 0.3) is 5.56 Å². The van der Waals surface area contributed by atoms with Crippen molar-refractivity contribution in [2.75, 3.05) is 12.1 Å². The van der Waals surface area contributed by atoms with Crippen LogP contribution in [-0.4, -0.2) is 27.5 Å². The molecule has 31 heavy (non-hydrogen) atoms. The Morgan fingerprint density at radius 3 is 2.74 bits per heavy atom. The molecule has 9 heteroatoms. The van der Waals surface area contributed by atoms with Crippen molar-refractivity contribution in [2.45, 2.75) is 37.7 Å². The van der Waals surface area contributed by atoms with Crippen LogP contribution in [0.4, 0.5) is 5.69 Å². The van der Waals surface area contributed by atoms with E-state index in [9.17, 15) is 9.59 Å². The van der Waals surface area contributed by atoms with Crippen molar-refractivity contribution in [1.29, 1.82) is 0 Å². The SMILES string of the molecule is CC(C)Cn1c(SC(C)C(=O)Nc2ccc3c(c2)OCO3)nc2cc(Cl)ccc2c1=O. The minimum atomic E-state index is -0.493. The van der Waals surface area contributed by atoms with E-state index in [0.29, 0.717) is 44.8 Å². The largest absolute Gasteiger partial charge is 0.454 e. The highest BCUT2D eigenvalue weighted by atomic mass is 35.5. The van der Waals surface area contributed by atoms with Crippen LogP contribution in [0.2, 0.25) is 5.02 Å². The molecule has 1 amide bonds. The van der Waals surface area contributed by atoms with Crippen LogP contribution in [0, 0.1) is 5.92 Å². The molecule has 2 aromatic carbocycles. The Bertz CT molecular complexity index is 1210. The van der Waals surface area contributed by atoms with E-state index in [-0.39, 0.29) is 24.2 Å². The molecule has 4 rings (SSSR count). The van der Waals surface area contributed by atoms with E-state index in [1.807, 2.05) is 13.8 Å². The van der Waals surface area contributed by atoms with Crippen LogP contribution in [0.5, 0.6) is 11.5 Å². The Morgan fingerprint density at radius 1 is 1.19 bits per heavy atom. The van der Waals surface area contributed by atoms with Crippen molar-refractivity contribution in [3.8, 4) is 11.5 Å². The first-order valence-electron chi connectivity index (χ1n) is 9.89. The molecule has 1 aliphatic rings. The zero-order valence-corrected chi connectivity index (χ0v) is 18.9. The van der Waals surface area contributed by atoms with Gasteiger partial charge in [-0.15, -0.1) is 0 Å². The fraction of sp³-hybridized carbons (Fsp3) is 0.318. The molecular formula is C22H22ClN3O4S. The van der Waals surface area contributed by atoms with E-state index in [1.165, 1.54) is 11.8 Å². The number of nitrogens with one attached hydrogen (secondary N) is 1. The molecule has 162 valence electrons. The predicted octanol–water partition coefficient (Wildman–Crippen LogP) is 4.55. The maximum absolute atomic E-state index is 13.1.